The first-order chi connectivity index (χ1) is 7.65. The van der Waals surface area contributed by atoms with Crippen LogP contribution in [0.25, 0.3) is 0 Å². The van der Waals surface area contributed by atoms with Gasteiger partial charge in [-0.15, -0.1) is 0 Å². The van der Waals surface area contributed by atoms with Gasteiger partial charge in [-0.05, 0) is 30.5 Å². The maximum absolute atomic E-state index is 11.5. The number of carbonyl (C=O) groups is 1. The van der Waals surface area contributed by atoms with Gasteiger partial charge >= 0.3 is 6.09 Å². The van der Waals surface area contributed by atoms with E-state index in [-0.39, 0.29) is 12.1 Å². The zero-order valence-electron chi connectivity index (χ0n) is 9.37. The number of methoxy groups -OCH3 is 1. The Hall–Kier alpha value is -1.22. The van der Waals surface area contributed by atoms with Gasteiger partial charge in [-0.2, -0.15) is 0 Å². The van der Waals surface area contributed by atoms with E-state index in [9.17, 15) is 4.79 Å². The van der Waals surface area contributed by atoms with Crippen molar-refractivity contribution in [3.05, 3.63) is 34.3 Å². The molecule has 1 aliphatic rings. The van der Waals surface area contributed by atoms with Crippen molar-refractivity contribution in [2.24, 2.45) is 0 Å². The number of halogens is 1. The van der Waals surface area contributed by atoms with Gasteiger partial charge in [0, 0.05) is 11.6 Å². The van der Waals surface area contributed by atoms with Crippen LogP contribution in [0.2, 0.25) is 5.02 Å². The van der Waals surface area contributed by atoms with E-state index in [1.807, 2.05) is 25.1 Å². The molecule has 1 unspecified atom stereocenters. The van der Waals surface area contributed by atoms with Crippen molar-refractivity contribution in [1.82, 2.24) is 4.90 Å². The average Bonchev–Trinajstić information content (AvgIpc) is 2.30. The summed E-state index contributed by atoms with van der Waals surface area (Å²) in [6, 6.07) is 5.84. The van der Waals surface area contributed by atoms with Gasteiger partial charge in [0.25, 0.3) is 0 Å². The Morgan fingerprint density at radius 1 is 1.56 bits per heavy atom. The minimum Gasteiger partial charge on any atom is -0.453 e. The number of benzene rings is 1. The molecular formula is C12H14ClNO2. The third-order valence-corrected chi connectivity index (χ3v) is 3.44. The molecule has 1 heterocycles. The molecule has 0 aromatic heterocycles. The fourth-order valence-corrected chi connectivity index (χ4v) is 2.47. The molecule has 0 radical (unpaired) electrons. The normalized spacial score (nSPS) is 19.2. The van der Waals surface area contributed by atoms with Crippen LogP contribution in [0.1, 0.15) is 24.1 Å². The summed E-state index contributed by atoms with van der Waals surface area (Å²) in [4.78, 5) is 13.3. The number of nitrogens with zero attached hydrogens (tertiary/aromatic N) is 1. The minimum atomic E-state index is -0.280. The molecule has 0 saturated carbocycles. The summed E-state index contributed by atoms with van der Waals surface area (Å²) in [6.07, 6.45) is 0.507. The number of fused-ring (bicyclic) bond motifs is 1. The lowest BCUT2D eigenvalue weighted by Crippen LogP contribution is -2.38. The maximum Gasteiger partial charge on any atom is 0.409 e. The molecule has 0 fully saturated rings. The van der Waals surface area contributed by atoms with Gasteiger partial charge in [0.2, 0.25) is 0 Å². The first-order valence-electron chi connectivity index (χ1n) is 5.27. The summed E-state index contributed by atoms with van der Waals surface area (Å²) >= 11 is 6.13. The molecular weight excluding hydrogens is 226 g/mol. The van der Waals surface area contributed by atoms with Crippen molar-refractivity contribution in [2.75, 3.05) is 13.7 Å². The summed E-state index contributed by atoms with van der Waals surface area (Å²) in [6.45, 7) is 2.65. The molecule has 1 aromatic carbocycles. The van der Waals surface area contributed by atoms with Crippen LogP contribution in [-0.2, 0) is 11.2 Å². The molecule has 86 valence electrons. The summed E-state index contributed by atoms with van der Waals surface area (Å²) < 4.78 is 4.76. The smallest absolute Gasteiger partial charge is 0.409 e. The first-order valence-corrected chi connectivity index (χ1v) is 5.65. The Kier molecular flexibility index (Phi) is 3.06. The van der Waals surface area contributed by atoms with Crippen LogP contribution in [0, 0.1) is 0 Å². The first kappa shape index (κ1) is 11.3. The van der Waals surface area contributed by atoms with Gasteiger partial charge in [-0.3, -0.25) is 0 Å². The van der Waals surface area contributed by atoms with Crippen LogP contribution in [0.15, 0.2) is 18.2 Å². The van der Waals surface area contributed by atoms with Gasteiger partial charge in [0.15, 0.2) is 0 Å². The SMILES string of the molecule is COC(=O)N1CCc2c(Cl)cccc2C1C. The lowest BCUT2D eigenvalue weighted by atomic mass is 9.94. The van der Waals surface area contributed by atoms with E-state index in [2.05, 4.69) is 0 Å². The summed E-state index contributed by atoms with van der Waals surface area (Å²) in [7, 11) is 1.41. The van der Waals surface area contributed by atoms with Crippen LogP contribution in [0.3, 0.4) is 0 Å². The summed E-state index contributed by atoms with van der Waals surface area (Å²) in [5, 5.41) is 0.786. The van der Waals surface area contributed by atoms with E-state index in [0.717, 1.165) is 22.6 Å². The lowest BCUT2D eigenvalue weighted by molar-refractivity contribution is 0.105. The highest BCUT2D eigenvalue weighted by atomic mass is 35.5. The van der Waals surface area contributed by atoms with Gasteiger partial charge in [-0.1, -0.05) is 23.7 Å². The van der Waals surface area contributed by atoms with Gasteiger partial charge in [0.1, 0.15) is 0 Å². The third kappa shape index (κ3) is 1.76. The predicted molar refractivity (Wildman–Crippen MR) is 62.7 cm³/mol. The topological polar surface area (TPSA) is 29.5 Å². The summed E-state index contributed by atoms with van der Waals surface area (Å²) in [5.41, 5.74) is 2.26. The molecule has 0 spiro atoms. The number of rotatable bonds is 0. The molecule has 0 bridgehead atoms. The second-order valence-corrected chi connectivity index (χ2v) is 4.30. The van der Waals surface area contributed by atoms with E-state index in [0.29, 0.717) is 6.54 Å². The van der Waals surface area contributed by atoms with Crippen molar-refractivity contribution in [2.45, 2.75) is 19.4 Å². The molecule has 1 aliphatic heterocycles. The highest BCUT2D eigenvalue weighted by molar-refractivity contribution is 6.31. The van der Waals surface area contributed by atoms with E-state index in [1.165, 1.54) is 7.11 Å². The van der Waals surface area contributed by atoms with Crippen molar-refractivity contribution in [1.29, 1.82) is 0 Å². The predicted octanol–water partition coefficient (Wildman–Crippen LogP) is 3.03. The maximum atomic E-state index is 11.5. The fraction of sp³-hybridized carbons (Fsp3) is 0.417. The van der Waals surface area contributed by atoms with E-state index < -0.39 is 0 Å². The number of ether oxygens (including phenoxy) is 1. The van der Waals surface area contributed by atoms with E-state index in [4.69, 9.17) is 16.3 Å². The monoisotopic (exact) mass is 239 g/mol. The highest BCUT2D eigenvalue weighted by Crippen LogP contribution is 2.33. The molecule has 3 nitrogen and oxygen atoms in total. The van der Waals surface area contributed by atoms with E-state index >= 15 is 0 Å². The zero-order valence-corrected chi connectivity index (χ0v) is 10.1. The second-order valence-electron chi connectivity index (χ2n) is 3.90. The van der Waals surface area contributed by atoms with Crippen LogP contribution in [0.5, 0.6) is 0 Å². The minimum absolute atomic E-state index is 0.0231. The van der Waals surface area contributed by atoms with Gasteiger partial charge < -0.3 is 9.64 Å². The Morgan fingerprint density at radius 2 is 2.31 bits per heavy atom. The summed E-state index contributed by atoms with van der Waals surface area (Å²) in [5.74, 6) is 0. The van der Waals surface area contributed by atoms with Crippen LogP contribution in [-0.4, -0.2) is 24.6 Å². The Balaban J connectivity index is 2.36. The number of carbonyl (C=O) groups excluding carboxylic acids is 1. The quantitative estimate of drug-likeness (QED) is 0.697. The molecule has 0 aliphatic carbocycles. The molecule has 16 heavy (non-hydrogen) atoms. The van der Waals surface area contributed by atoms with Crippen LogP contribution in [0.4, 0.5) is 4.79 Å². The van der Waals surface area contributed by atoms with Crippen molar-refractivity contribution in [3.8, 4) is 0 Å². The second kappa shape index (κ2) is 4.34. The van der Waals surface area contributed by atoms with Gasteiger partial charge in [-0.25, -0.2) is 4.79 Å². The largest absolute Gasteiger partial charge is 0.453 e. The molecule has 1 aromatic rings. The fourth-order valence-electron chi connectivity index (χ4n) is 2.19. The Morgan fingerprint density at radius 3 is 3.00 bits per heavy atom. The molecule has 1 amide bonds. The number of hydrogen-bond donors (Lipinski definition) is 0. The Bertz CT molecular complexity index is 419. The van der Waals surface area contributed by atoms with Gasteiger partial charge in [0.05, 0.1) is 13.2 Å². The number of amides is 1. The van der Waals surface area contributed by atoms with Crippen molar-refractivity contribution >= 4 is 17.7 Å². The third-order valence-electron chi connectivity index (χ3n) is 3.08. The van der Waals surface area contributed by atoms with Crippen molar-refractivity contribution in [3.63, 3.8) is 0 Å². The Labute approximate surface area is 100.0 Å². The van der Waals surface area contributed by atoms with E-state index in [1.54, 1.807) is 4.90 Å². The molecule has 1 atom stereocenters. The zero-order chi connectivity index (χ0) is 11.7. The highest BCUT2D eigenvalue weighted by Gasteiger charge is 2.28. The molecule has 0 saturated heterocycles. The molecule has 4 heteroatoms. The van der Waals surface area contributed by atoms with Crippen LogP contribution >= 0.6 is 11.6 Å². The van der Waals surface area contributed by atoms with Crippen molar-refractivity contribution < 1.29 is 9.53 Å². The average molecular weight is 240 g/mol. The molecule has 2 rings (SSSR count). The lowest BCUT2D eigenvalue weighted by Gasteiger charge is -2.34. The molecule has 0 N–H and O–H groups in total. The standard InChI is InChI=1S/C12H14ClNO2/c1-8-9-4-3-5-11(13)10(9)6-7-14(8)12(15)16-2/h3-5,8H,6-7H2,1-2H3. The number of hydrogen-bond acceptors (Lipinski definition) is 2. The van der Waals surface area contributed by atoms with Crippen LogP contribution < -0.4 is 0 Å².